The van der Waals surface area contributed by atoms with E-state index in [1.807, 2.05) is 0 Å². The molecule has 1 fully saturated rings. The van der Waals surface area contributed by atoms with Crippen LogP contribution in [0.25, 0.3) is 22.3 Å². The molecule has 14 nitrogen and oxygen atoms in total. The molecule has 1 saturated heterocycles. The zero-order valence-electron chi connectivity index (χ0n) is 20.5. The molecule has 0 bridgehead atoms. The van der Waals surface area contributed by atoms with Crippen molar-refractivity contribution >= 4 is 16.9 Å². The summed E-state index contributed by atoms with van der Waals surface area (Å²) in [5.74, 6) is -2.67. The first-order chi connectivity index (χ1) is 18.7. The minimum absolute atomic E-state index is 0.119. The lowest BCUT2D eigenvalue weighted by molar-refractivity contribution is -0.271. The van der Waals surface area contributed by atoms with Crippen molar-refractivity contribution in [3.63, 3.8) is 0 Å². The first-order valence-corrected chi connectivity index (χ1v) is 11.7. The lowest BCUT2D eigenvalue weighted by Gasteiger charge is -2.38. The Morgan fingerprint density at radius 3 is 2.41 bits per heavy atom. The number of aliphatic carboxylic acids is 1. The Hall–Kier alpha value is -3.92. The van der Waals surface area contributed by atoms with Crippen LogP contribution in [0, 0.1) is 0 Å². The largest absolute Gasteiger partial charge is 0.504 e. The predicted octanol–water partition coefficient (Wildman–Crippen LogP) is -0.637. The summed E-state index contributed by atoms with van der Waals surface area (Å²) in [6.07, 6.45) is -9.68. The molecule has 14 heteroatoms. The number of likely N-dealkylation sites (N-methyl/N-ethyl adjacent to an activating group) is 1. The van der Waals surface area contributed by atoms with E-state index in [2.05, 4.69) is 5.32 Å². The molecule has 5 unspecified atom stereocenters. The minimum atomic E-state index is -1.96. The van der Waals surface area contributed by atoms with Gasteiger partial charge in [0.25, 0.3) is 0 Å². The van der Waals surface area contributed by atoms with Crippen molar-refractivity contribution in [2.24, 2.45) is 0 Å². The van der Waals surface area contributed by atoms with Crippen LogP contribution >= 0.6 is 0 Å². The highest BCUT2D eigenvalue weighted by molar-refractivity contribution is 5.89. The second-order valence-corrected chi connectivity index (χ2v) is 8.50. The summed E-state index contributed by atoms with van der Waals surface area (Å²) in [7, 11) is 1.80. The third-order valence-electron chi connectivity index (χ3n) is 5.94. The monoisotopic (exact) mass is 549 g/mol. The standard InChI is InChI=1S/C25H27NO13/c1-26-6-7-35-12-4-2-11(3-5-12)14-8-13(28)17-15(37-14)9-16(22(18(17)29)36-10-27)38-25-21(32)19(30)20(31)23(39-25)24(33)34/h2-5,8-9,19-21,23,25-27,29-32H,6-7,10H2,1H3,(H,33,34). The first-order valence-electron chi connectivity index (χ1n) is 11.7. The SMILES string of the molecule is CNCCOc1ccc(-c2cc(=O)c3c(O)c(OCO)c(OC4OC(C(=O)O)C(O)C(O)C4O)cc3o2)cc1. The molecule has 210 valence electrons. The minimum Gasteiger partial charge on any atom is -0.504 e. The van der Waals surface area contributed by atoms with Crippen molar-refractivity contribution in [1.82, 2.24) is 5.32 Å². The van der Waals surface area contributed by atoms with E-state index < -0.39 is 66.1 Å². The fraction of sp³-hybridized carbons (Fsp3) is 0.360. The van der Waals surface area contributed by atoms with Crippen LogP contribution in [0.2, 0.25) is 0 Å². The Balaban J connectivity index is 1.73. The van der Waals surface area contributed by atoms with Crippen LogP contribution in [-0.2, 0) is 9.53 Å². The second kappa shape index (κ2) is 11.9. The highest BCUT2D eigenvalue weighted by Crippen LogP contribution is 2.43. The maximum atomic E-state index is 12.9. The zero-order valence-corrected chi connectivity index (χ0v) is 20.5. The number of ether oxygens (including phenoxy) is 4. The summed E-state index contributed by atoms with van der Waals surface area (Å²) >= 11 is 0. The first kappa shape index (κ1) is 28.1. The van der Waals surface area contributed by atoms with Crippen molar-refractivity contribution in [3.8, 4) is 34.3 Å². The Kier molecular flexibility index (Phi) is 8.54. The molecule has 0 saturated carbocycles. The van der Waals surface area contributed by atoms with Crippen molar-refractivity contribution in [2.45, 2.75) is 30.7 Å². The Morgan fingerprint density at radius 1 is 1.05 bits per heavy atom. The van der Waals surface area contributed by atoms with E-state index in [9.17, 15) is 40.2 Å². The molecule has 0 amide bonds. The number of carboxylic acid groups (broad SMARTS) is 1. The Labute approximate surface area is 220 Å². The molecule has 0 spiro atoms. The topological polar surface area (TPSA) is 218 Å². The highest BCUT2D eigenvalue weighted by Gasteiger charge is 2.48. The maximum Gasteiger partial charge on any atom is 0.335 e. The van der Waals surface area contributed by atoms with Crippen LogP contribution in [0.15, 0.2) is 45.6 Å². The van der Waals surface area contributed by atoms with Crippen molar-refractivity contribution in [3.05, 3.63) is 46.6 Å². The Morgan fingerprint density at radius 2 is 1.77 bits per heavy atom. The average molecular weight is 549 g/mol. The fourth-order valence-corrected chi connectivity index (χ4v) is 3.96. The van der Waals surface area contributed by atoms with Gasteiger partial charge in [-0.3, -0.25) is 4.79 Å². The number of aliphatic hydroxyl groups is 4. The lowest BCUT2D eigenvalue weighted by atomic mass is 9.99. The third-order valence-corrected chi connectivity index (χ3v) is 5.94. The van der Waals surface area contributed by atoms with E-state index >= 15 is 0 Å². The number of carboxylic acids is 1. The van der Waals surface area contributed by atoms with Crippen LogP contribution in [-0.4, -0.2) is 94.3 Å². The number of nitrogens with one attached hydrogen (secondary N) is 1. The number of carbonyl (C=O) groups is 1. The lowest BCUT2D eigenvalue weighted by Crippen LogP contribution is -2.61. The normalized spacial score (nSPS) is 22.9. The second-order valence-electron chi connectivity index (χ2n) is 8.50. The van der Waals surface area contributed by atoms with Gasteiger partial charge >= 0.3 is 5.97 Å². The third kappa shape index (κ3) is 5.75. The van der Waals surface area contributed by atoms with Crippen LogP contribution in [0.5, 0.6) is 23.0 Å². The van der Waals surface area contributed by atoms with Gasteiger partial charge in [0, 0.05) is 24.2 Å². The number of aromatic hydroxyl groups is 1. The van der Waals surface area contributed by atoms with Gasteiger partial charge in [-0.1, -0.05) is 0 Å². The molecule has 0 aliphatic carbocycles. The molecular formula is C25H27NO13. The van der Waals surface area contributed by atoms with Gasteiger partial charge in [0.15, 0.2) is 29.8 Å². The number of rotatable bonds is 10. The van der Waals surface area contributed by atoms with Crippen molar-refractivity contribution in [1.29, 1.82) is 0 Å². The fourth-order valence-electron chi connectivity index (χ4n) is 3.96. The van der Waals surface area contributed by atoms with Crippen LogP contribution in [0.4, 0.5) is 0 Å². The van der Waals surface area contributed by atoms with E-state index in [-0.39, 0.29) is 16.7 Å². The molecule has 7 N–H and O–H groups in total. The van der Waals surface area contributed by atoms with Gasteiger partial charge in [0.2, 0.25) is 12.0 Å². The summed E-state index contributed by atoms with van der Waals surface area (Å²) in [6.45, 7) is 0.134. The van der Waals surface area contributed by atoms with Gasteiger partial charge in [0.1, 0.15) is 47.4 Å². The number of benzene rings is 2. The van der Waals surface area contributed by atoms with Crippen LogP contribution in [0.1, 0.15) is 0 Å². The van der Waals surface area contributed by atoms with E-state index in [0.717, 1.165) is 12.1 Å². The summed E-state index contributed by atoms with van der Waals surface area (Å²) in [5, 5.41) is 62.3. The molecule has 1 aromatic heterocycles. The highest BCUT2D eigenvalue weighted by atomic mass is 16.7. The van der Waals surface area contributed by atoms with E-state index in [4.69, 9.17) is 23.4 Å². The maximum absolute atomic E-state index is 12.9. The van der Waals surface area contributed by atoms with Gasteiger partial charge in [-0.15, -0.1) is 0 Å². The number of hydrogen-bond acceptors (Lipinski definition) is 13. The van der Waals surface area contributed by atoms with Gasteiger partial charge in [0.05, 0.1) is 0 Å². The van der Waals surface area contributed by atoms with E-state index in [1.165, 1.54) is 0 Å². The van der Waals surface area contributed by atoms with Crippen LogP contribution in [0.3, 0.4) is 0 Å². The van der Waals surface area contributed by atoms with Crippen molar-refractivity contribution in [2.75, 3.05) is 27.0 Å². The summed E-state index contributed by atoms with van der Waals surface area (Å²) in [6, 6.07) is 8.92. The molecule has 2 aromatic carbocycles. The molecule has 0 radical (unpaired) electrons. The smallest absolute Gasteiger partial charge is 0.335 e. The van der Waals surface area contributed by atoms with Gasteiger partial charge in [-0.2, -0.15) is 0 Å². The molecule has 2 heterocycles. The summed E-state index contributed by atoms with van der Waals surface area (Å²) in [4.78, 5) is 24.4. The van der Waals surface area contributed by atoms with E-state index in [0.29, 0.717) is 24.5 Å². The van der Waals surface area contributed by atoms with Crippen molar-refractivity contribution < 1.29 is 58.8 Å². The van der Waals surface area contributed by atoms with Crippen LogP contribution < -0.4 is 25.0 Å². The number of hydrogen-bond donors (Lipinski definition) is 7. The number of phenols is 1. The zero-order chi connectivity index (χ0) is 28.3. The van der Waals surface area contributed by atoms with Gasteiger partial charge < -0.3 is 59.3 Å². The summed E-state index contributed by atoms with van der Waals surface area (Å²) in [5.41, 5.74) is -0.351. The van der Waals surface area contributed by atoms with Gasteiger partial charge in [-0.25, -0.2) is 4.79 Å². The number of aliphatic hydroxyl groups excluding tert-OH is 4. The predicted molar refractivity (Wildman–Crippen MR) is 132 cm³/mol. The molecule has 1 aliphatic heterocycles. The molecule has 3 aromatic rings. The number of fused-ring (bicyclic) bond motifs is 1. The molecule has 1 aliphatic rings. The molecular weight excluding hydrogens is 522 g/mol. The number of phenolic OH excluding ortho intramolecular Hbond substituents is 1. The average Bonchev–Trinajstić information content (AvgIpc) is 2.91. The molecule has 5 atom stereocenters. The quantitative estimate of drug-likeness (QED) is 0.124. The molecule has 39 heavy (non-hydrogen) atoms. The van der Waals surface area contributed by atoms with E-state index in [1.54, 1.807) is 31.3 Å². The Bertz CT molecular complexity index is 1370. The summed E-state index contributed by atoms with van der Waals surface area (Å²) < 4.78 is 27.0. The molecule has 4 rings (SSSR count). The van der Waals surface area contributed by atoms with Gasteiger partial charge in [-0.05, 0) is 31.3 Å².